The van der Waals surface area contributed by atoms with E-state index in [0.29, 0.717) is 5.76 Å². The second kappa shape index (κ2) is 3.81. The standard InChI is InChI=1S/C8H10O3/c9-8(10)6-11-7-4-2-1-3-5-7/h2,4-5H,1,3,6H2,(H,9,10). The van der Waals surface area contributed by atoms with Crippen molar-refractivity contribution in [1.82, 2.24) is 0 Å². The van der Waals surface area contributed by atoms with Crippen molar-refractivity contribution in [2.45, 2.75) is 12.8 Å². The van der Waals surface area contributed by atoms with E-state index in [4.69, 9.17) is 9.84 Å². The summed E-state index contributed by atoms with van der Waals surface area (Å²) in [6, 6.07) is 0. The summed E-state index contributed by atoms with van der Waals surface area (Å²) in [7, 11) is 0. The molecular formula is C8H10O3. The molecule has 0 fully saturated rings. The molecule has 3 heteroatoms. The van der Waals surface area contributed by atoms with Crippen molar-refractivity contribution >= 4 is 5.97 Å². The summed E-state index contributed by atoms with van der Waals surface area (Å²) in [6.45, 7) is -0.254. The fraction of sp³-hybridized carbons (Fsp3) is 0.375. The molecule has 0 spiro atoms. The highest BCUT2D eigenvalue weighted by Crippen LogP contribution is 2.09. The highest BCUT2D eigenvalue weighted by Gasteiger charge is 2.00. The number of carbonyl (C=O) groups is 1. The maximum atomic E-state index is 10.1. The molecule has 0 unspecified atom stereocenters. The van der Waals surface area contributed by atoms with Gasteiger partial charge in [-0.1, -0.05) is 6.08 Å². The number of carboxylic acids is 1. The summed E-state index contributed by atoms with van der Waals surface area (Å²) in [5, 5.41) is 8.27. The van der Waals surface area contributed by atoms with Crippen molar-refractivity contribution in [2.24, 2.45) is 0 Å². The first kappa shape index (κ1) is 7.85. The fourth-order valence-electron chi connectivity index (χ4n) is 0.841. The lowest BCUT2D eigenvalue weighted by Crippen LogP contribution is -2.06. The fourth-order valence-corrected chi connectivity index (χ4v) is 0.841. The van der Waals surface area contributed by atoms with E-state index in [-0.39, 0.29) is 6.61 Å². The van der Waals surface area contributed by atoms with Crippen LogP contribution in [-0.4, -0.2) is 17.7 Å². The Hall–Kier alpha value is -1.25. The van der Waals surface area contributed by atoms with Crippen molar-refractivity contribution in [1.29, 1.82) is 0 Å². The van der Waals surface area contributed by atoms with E-state index in [1.54, 1.807) is 6.08 Å². The molecule has 11 heavy (non-hydrogen) atoms. The first-order valence-electron chi connectivity index (χ1n) is 3.50. The third-order valence-electron chi connectivity index (χ3n) is 1.32. The van der Waals surface area contributed by atoms with Gasteiger partial charge in [-0.15, -0.1) is 0 Å². The van der Waals surface area contributed by atoms with Gasteiger partial charge in [0.1, 0.15) is 5.76 Å². The molecule has 0 aromatic rings. The zero-order valence-electron chi connectivity index (χ0n) is 6.12. The monoisotopic (exact) mass is 154 g/mol. The zero-order valence-corrected chi connectivity index (χ0v) is 6.12. The van der Waals surface area contributed by atoms with Crippen LogP contribution < -0.4 is 0 Å². The minimum Gasteiger partial charge on any atom is -0.482 e. The zero-order chi connectivity index (χ0) is 8.10. The van der Waals surface area contributed by atoms with Gasteiger partial charge in [0, 0.05) is 0 Å². The lowest BCUT2D eigenvalue weighted by atomic mass is 10.2. The van der Waals surface area contributed by atoms with Crippen LogP contribution in [0.1, 0.15) is 12.8 Å². The molecular weight excluding hydrogens is 144 g/mol. The minimum absolute atomic E-state index is 0.254. The molecule has 0 saturated carbocycles. The van der Waals surface area contributed by atoms with E-state index in [0.717, 1.165) is 12.8 Å². The highest BCUT2D eigenvalue weighted by molar-refractivity contribution is 5.68. The molecule has 0 heterocycles. The lowest BCUT2D eigenvalue weighted by molar-refractivity contribution is -0.140. The maximum Gasteiger partial charge on any atom is 0.341 e. The van der Waals surface area contributed by atoms with E-state index in [2.05, 4.69) is 0 Å². The number of rotatable bonds is 3. The quantitative estimate of drug-likeness (QED) is 0.666. The smallest absolute Gasteiger partial charge is 0.341 e. The van der Waals surface area contributed by atoms with Crippen LogP contribution in [0.25, 0.3) is 0 Å². The van der Waals surface area contributed by atoms with Gasteiger partial charge in [-0.05, 0) is 25.0 Å². The Morgan fingerprint density at radius 3 is 3.00 bits per heavy atom. The van der Waals surface area contributed by atoms with E-state index < -0.39 is 5.97 Å². The molecule has 1 rings (SSSR count). The van der Waals surface area contributed by atoms with E-state index in [1.165, 1.54) is 0 Å². The van der Waals surface area contributed by atoms with E-state index in [9.17, 15) is 4.79 Å². The summed E-state index contributed by atoms with van der Waals surface area (Å²) in [4.78, 5) is 10.1. The maximum absolute atomic E-state index is 10.1. The van der Waals surface area contributed by atoms with Crippen molar-refractivity contribution in [3.63, 3.8) is 0 Å². The normalized spacial score (nSPS) is 15.8. The lowest BCUT2D eigenvalue weighted by Gasteiger charge is -2.06. The minimum atomic E-state index is -0.940. The first-order valence-corrected chi connectivity index (χ1v) is 3.50. The number of hydrogen-bond donors (Lipinski definition) is 1. The Bertz CT molecular complexity index is 203. The van der Waals surface area contributed by atoms with Crippen molar-refractivity contribution in [3.8, 4) is 0 Å². The second-order valence-corrected chi connectivity index (χ2v) is 2.27. The van der Waals surface area contributed by atoms with Gasteiger partial charge in [-0.3, -0.25) is 0 Å². The number of aliphatic carboxylic acids is 1. The van der Waals surface area contributed by atoms with Crippen LogP contribution >= 0.6 is 0 Å². The molecule has 1 aliphatic rings. The van der Waals surface area contributed by atoms with Crippen LogP contribution in [0.5, 0.6) is 0 Å². The summed E-state index contributed by atoms with van der Waals surface area (Å²) in [5.74, 6) is -0.275. The first-order chi connectivity index (χ1) is 5.29. The van der Waals surface area contributed by atoms with Gasteiger partial charge in [0.25, 0.3) is 0 Å². The highest BCUT2D eigenvalue weighted by atomic mass is 16.5. The average Bonchev–Trinajstić information content (AvgIpc) is 2.03. The van der Waals surface area contributed by atoms with Gasteiger partial charge in [0.05, 0.1) is 0 Å². The average molecular weight is 154 g/mol. The molecule has 0 bridgehead atoms. The van der Waals surface area contributed by atoms with Gasteiger partial charge < -0.3 is 9.84 Å². The van der Waals surface area contributed by atoms with E-state index >= 15 is 0 Å². The number of ether oxygens (including phenoxy) is 1. The van der Waals surface area contributed by atoms with Crippen molar-refractivity contribution in [3.05, 3.63) is 24.0 Å². The van der Waals surface area contributed by atoms with Gasteiger partial charge >= 0.3 is 5.97 Å². The summed E-state index contributed by atoms with van der Waals surface area (Å²) < 4.78 is 4.92. The molecule has 1 aliphatic carbocycles. The summed E-state index contributed by atoms with van der Waals surface area (Å²) in [6.07, 6.45) is 7.61. The van der Waals surface area contributed by atoms with Crippen LogP contribution in [-0.2, 0) is 9.53 Å². The topological polar surface area (TPSA) is 46.5 Å². The van der Waals surface area contributed by atoms with Gasteiger partial charge in [-0.2, -0.15) is 0 Å². The van der Waals surface area contributed by atoms with Crippen LogP contribution in [0, 0.1) is 0 Å². The molecule has 0 saturated heterocycles. The molecule has 0 aliphatic heterocycles. The molecule has 60 valence electrons. The molecule has 0 radical (unpaired) electrons. The van der Waals surface area contributed by atoms with Gasteiger partial charge in [0.2, 0.25) is 0 Å². The third kappa shape index (κ3) is 2.89. The molecule has 1 N–H and O–H groups in total. The van der Waals surface area contributed by atoms with Crippen molar-refractivity contribution in [2.75, 3.05) is 6.61 Å². The van der Waals surface area contributed by atoms with Gasteiger partial charge in [0.15, 0.2) is 6.61 Å². The predicted molar refractivity (Wildman–Crippen MR) is 40.0 cm³/mol. The van der Waals surface area contributed by atoms with E-state index in [1.807, 2.05) is 12.2 Å². The van der Waals surface area contributed by atoms with Crippen LogP contribution in [0.3, 0.4) is 0 Å². The third-order valence-corrected chi connectivity index (χ3v) is 1.32. The Kier molecular flexibility index (Phi) is 2.72. The Morgan fingerprint density at radius 2 is 2.45 bits per heavy atom. The van der Waals surface area contributed by atoms with Crippen molar-refractivity contribution < 1.29 is 14.6 Å². The molecule has 0 amide bonds. The van der Waals surface area contributed by atoms with Crippen LogP contribution in [0.4, 0.5) is 0 Å². The summed E-state index contributed by atoms with van der Waals surface area (Å²) in [5.41, 5.74) is 0. The molecule has 0 aromatic heterocycles. The molecule has 0 aromatic carbocycles. The van der Waals surface area contributed by atoms with Crippen LogP contribution in [0.2, 0.25) is 0 Å². The predicted octanol–water partition coefficient (Wildman–Crippen LogP) is 1.32. The molecule has 3 nitrogen and oxygen atoms in total. The summed E-state index contributed by atoms with van der Waals surface area (Å²) >= 11 is 0. The Balaban J connectivity index is 2.31. The largest absolute Gasteiger partial charge is 0.482 e. The van der Waals surface area contributed by atoms with Crippen LogP contribution in [0.15, 0.2) is 24.0 Å². The van der Waals surface area contributed by atoms with Gasteiger partial charge in [-0.25, -0.2) is 4.79 Å². The number of carboxylic acid groups (broad SMARTS) is 1. The number of allylic oxidation sites excluding steroid dienone is 3. The molecule has 0 atom stereocenters. The SMILES string of the molecule is O=C(O)COC1=CCCC=C1. The Morgan fingerprint density at radius 1 is 1.64 bits per heavy atom. The number of hydrogen-bond acceptors (Lipinski definition) is 2. The Labute approximate surface area is 65.0 Å². The second-order valence-electron chi connectivity index (χ2n) is 2.27.